The standard InChI is InChI=1S/C16H21N3OS.ClH/c1-10(2)8-12-4-6-13(7-5-12)14-9-21-16(18-14)19-15(20)11(3)17;/h4-7,9-11H,8,17H2,1-3H3,(H,18,19,20);1H/t11-;/m1./s1. The normalized spacial score (nSPS) is 11.9. The van der Waals surface area contributed by atoms with Crippen molar-refractivity contribution in [3.63, 3.8) is 0 Å². The van der Waals surface area contributed by atoms with Gasteiger partial charge in [0.15, 0.2) is 5.13 Å². The zero-order valence-corrected chi connectivity index (χ0v) is 14.6. The lowest BCUT2D eigenvalue weighted by Crippen LogP contribution is -2.32. The number of amides is 1. The molecule has 1 amide bonds. The summed E-state index contributed by atoms with van der Waals surface area (Å²) in [4.78, 5) is 16.0. The van der Waals surface area contributed by atoms with E-state index in [1.54, 1.807) is 6.92 Å². The van der Waals surface area contributed by atoms with Crippen molar-refractivity contribution in [2.75, 3.05) is 5.32 Å². The number of thiazole rings is 1. The van der Waals surface area contributed by atoms with E-state index in [0.29, 0.717) is 11.0 Å². The SMILES string of the molecule is CC(C)Cc1ccc(-c2csc(NC(=O)[C@@H](C)N)n2)cc1.Cl. The molecule has 2 aromatic rings. The minimum atomic E-state index is -0.535. The van der Waals surface area contributed by atoms with E-state index in [1.165, 1.54) is 16.9 Å². The summed E-state index contributed by atoms with van der Waals surface area (Å²) in [5.41, 5.74) is 8.78. The molecule has 1 heterocycles. The first-order valence-corrected chi connectivity index (χ1v) is 7.95. The van der Waals surface area contributed by atoms with Crippen LogP contribution in [0, 0.1) is 5.92 Å². The summed E-state index contributed by atoms with van der Waals surface area (Å²) < 4.78 is 0. The second-order valence-electron chi connectivity index (χ2n) is 5.61. The van der Waals surface area contributed by atoms with Crippen molar-refractivity contribution in [3.05, 3.63) is 35.2 Å². The lowest BCUT2D eigenvalue weighted by Gasteiger charge is -2.05. The number of halogens is 1. The Morgan fingerprint density at radius 2 is 1.91 bits per heavy atom. The summed E-state index contributed by atoms with van der Waals surface area (Å²) >= 11 is 1.41. The topological polar surface area (TPSA) is 68.0 Å². The van der Waals surface area contributed by atoms with Crippen molar-refractivity contribution in [2.45, 2.75) is 33.2 Å². The van der Waals surface area contributed by atoms with Gasteiger partial charge in [0.05, 0.1) is 11.7 Å². The van der Waals surface area contributed by atoms with Crippen LogP contribution in [0.3, 0.4) is 0 Å². The monoisotopic (exact) mass is 339 g/mol. The maximum atomic E-state index is 11.5. The van der Waals surface area contributed by atoms with Gasteiger partial charge in [0.25, 0.3) is 0 Å². The van der Waals surface area contributed by atoms with Crippen LogP contribution >= 0.6 is 23.7 Å². The molecular formula is C16H22ClN3OS. The minimum Gasteiger partial charge on any atom is -0.320 e. The molecule has 4 nitrogen and oxygen atoms in total. The highest BCUT2D eigenvalue weighted by atomic mass is 35.5. The number of aromatic nitrogens is 1. The fourth-order valence-corrected chi connectivity index (χ4v) is 2.69. The molecule has 1 aromatic heterocycles. The predicted molar refractivity (Wildman–Crippen MR) is 95.6 cm³/mol. The quantitative estimate of drug-likeness (QED) is 0.872. The third-order valence-electron chi connectivity index (χ3n) is 3.04. The van der Waals surface area contributed by atoms with Gasteiger partial charge in [-0.25, -0.2) is 4.98 Å². The van der Waals surface area contributed by atoms with Crippen molar-refractivity contribution >= 4 is 34.8 Å². The Morgan fingerprint density at radius 1 is 1.27 bits per heavy atom. The second kappa shape index (κ2) is 8.27. The Hall–Kier alpha value is -1.43. The molecule has 22 heavy (non-hydrogen) atoms. The zero-order chi connectivity index (χ0) is 15.4. The van der Waals surface area contributed by atoms with Crippen molar-refractivity contribution < 1.29 is 4.79 Å². The van der Waals surface area contributed by atoms with Crippen LogP contribution in [0.5, 0.6) is 0 Å². The molecule has 120 valence electrons. The number of anilines is 1. The summed E-state index contributed by atoms with van der Waals surface area (Å²) in [6.07, 6.45) is 1.08. The molecule has 1 atom stereocenters. The third-order valence-corrected chi connectivity index (χ3v) is 3.80. The molecule has 0 saturated carbocycles. The number of carbonyl (C=O) groups excluding carboxylic acids is 1. The van der Waals surface area contributed by atoms with Gasteiger partial charge in [-0.05, 0) is 24.8 Å². The number of nitrogens with two attached hydrogens (primary N) is 1. The molecule has 0 spiro atoms. The number of benzene rings is 1. The molecule has 2 rings (SSSR count). The van der Waals surface area contributed by atoms with Crippen LogP contribution in [0.25, 0.3) is 11.3 Å². The maximum Gasteiger partial charge on any atom is 0.242 e. The van der Waals surface area contributed by atoms with E-state index < -0.39 is 6.04 Å². The van der Waals surface area contributed by atoms with Crippen LogP contribution in [-0.4, -0.2) is 16.9 Å². The van der Waals surface area contributed by atoms with Crippen LogP contribution in [0.4, 0.5) is 5.13 Å². The number of rotatable bonds is 5. The number of nitrogens with zero attached hydrogens (tertiary/aromatic N) is 1. The fourth-order valence-electron chi connectivity index (χ4n) is 1.97. The highest BCUT2D eigenvalue weighted by Crippen LogP contribution is 2.25. The van der Waals surface area contributed by atoms with Crippen molar-refractivity contribution in [3.8, 4) is 11.3 Å². The molecule has 0 radical (unpaired) electrons. The van der Waals surface area contributed by atoms with Crippen LogP contribution in [0.2, 0.25) is 0 Å². The molecule has 0 unspecified atom stereocenters. The molecule has 1 aromatic carbocycles. The van der Waals surface area contributed by atoms with E-state index in [1.807, 2.05) is 5.38 Å². The largest absolute Gasteiger partial charge is 0.320 e. The van der Waals surface area contributed by atoms with Gasteiger partial charge in [-0.15, -0.1) is 23.7 Å². The number of nitrogens with one attached hydrogen (secondary N) is 1. The smallest absolute Gasteiger partial charge is 0.242 e. The number of hydrogen-bond donors (Lipinski definition) is 2. The Morgan fingerprint density at radius 3 is 2.45 bits per heavy atom. The molecule has 6 heteroatoms. The van der Waals surface area contributed by atoms with Gasteiger partial charge >= 0.3 is 0 Å². The first-order chi connectivity index (χ1) is 9.95. The van der Waals surface area contributed by atoms with Crippen molar-refractivity contribution in [2.24, 2.45) is 11.7 Å². The average Bonchev–Trinajstić information content (AvgIpc) is 2.87. The first kappa shape index (κ1) is 18.6. The molecule has 0 aliphatic rings. The molecule has 0 aliphatic carbocycles. The van der Waals surface area contributed by atoms with Gasteiger partial charge in [-0.3, -0.25) is 4.79 Å². The maximum absolute atomic E-state index is 11.5. The van der Waals surface area contributed by atoms with Gasteiger partial charge in [0, 0.05) is 10.9 Å². The van der Waals surface area contributed by atoms with Gasteiger partial charge in [-0.1, -0.05) is 38.1 Å². The van der Waals surface area contributed by atoms with Gasteiger partial charge in [0.1, 0.15) is 0 Å². The summed E-state index contributed by atoms with van der Waals surface area (Å²) in [6.45, 7) is 6.07. The molecule has 0 aliphatic heterocycles. The lowest BCUT2D eigenvalue weighted by atomic mass is 10.0. The second-order valence-corrected chi connectivity index (χ2v) is 6.47. The van der Waals surface area contributed by atoms with Crippen LogP contribution in [0.15, 0.2) is 29.6 Å². The summed E-state index contributed by atoms with van der Waals surface area (Å²) in [5, 5.41) is 5.23. The fraction of sp³-hybridized carbons (Fsp3) is 0.375. The summed E-state index contributed by atoms with van der Waals surface area (Å²) in [7, 11) is 0. The van der Waals surface area contributed by atoms with Crippen LogP contribution in [-0.2, 0) is 11.2 Å². The Kier molecular flexibility index (Phi) is 7.00. The average molecular weight is 340 g/mol. The van der Waals surface area contributed by atoms with E-state index in [-0.39, 0.29) is 18.3 Å². The summed E-state index contributed by atoms with van der Waals surface area (Å²) in [5.74, 6) is 0.429. The van der Waals surface area contributed by atoms with E-state index in [9.17, 15) is 4.79 Å². The first-order valence-electron chi connectivity index (χ1n) is 7.07. The number of hydrogen-bond acceptors (Lipinski definition) is 4. The minimum absolute atomic E-state index is 0. The molecule has 0 saturated heterocycles. The van der Waals surface area contributed by atoms with Crippen molar-refractivity contribution in [1.29, 1.82) is 0 Å². The van der Waals surface area contributed by atoms with Gasteiger partial charge in [0.2, 0.25) is 5.91 Å². The van der Waals surface area contributed by atoms with Crippen LogP contribution < -0.4 is 11.1 Å². The molecule has 0 fully saturated rings. The zero-order valence-electron chi connectivity index (χ0n) is 13.0. The van der Waals surface area contributed by atoms with E-state index in [4.69, 9.17) is 5.73 Å². The highest BCUT2D eigenvalue weighted by molar-refractivity contribution is 7.14. The van der Waals surface area contributed by atoms with Crippen molar-refractivity contribution in [1.82, 2.24) is 4.98 Å². The Balaban J connectivity index is 0.00000242. The molecule has 0 bridgehead atoms. The Labute approximate surface area is 141 Å². The number of carbonyl (C=O) groups is 1. The third kappa shape index (κ3) is 5.09. The highest BCUT2D eigenvalue weighted by Gasteiger charge is 2.11. The predicted octanol–water partition coefficient (Wildman–Crippen LogP) is 3.72. The van der Waals surface area contributed by atoms with Crippen LogP contribution in [0.1, 0.15) is 26.3 Å². The molecule has 3 N–H and O–H groups in total. The van der Waals surface area contributed by atoms with Gasteiger partial charge in [-0.2, -0.15) is 0 Å². The summed E-state index contributed by atoms with van der Waals surface area (Å²) in [6, 6.07) is 7.88. The van der Waals surface area contributed by atoms with E-state index in [2.05, 4.69) is 48.4 Å². The van der Waals surface area contributed by atoms with Gasteiger partial charge < -0.3 is 11.1 Å². The Bertz CT molecular complexity index is 608. The lowest BCUT2D eigenvalue weighted by molar-refractivity contribution is -0.117. The van der Waals surface area contributed by atoms with E-state index >= 15 is 0 Å². The van der Waals surface area contributed by atoms with E-state index in [0.717, 1.165) is 17.7 Å². The molecular weight excluding hydrogens is 318 g/mol.